The Labute approximate surface area is 115 Å². The lowest BCUT2D eigenvalue weighted by molar-refractivity contribution is 0.0696. The molecule has 2 rings (SSSR count). The molecule has 4 heteroatoms. The molecule has 1 N–H and O–H groups in total. The van der Waals surface area contributed by atoms with E-state index in [-0.39, 0.29) is 17.2 Å². The number of halogens is 1. The molecule has 3 nitrogen and oxygen atoms in total. The standard InChI is InChI=1S/C16H13FO3/c17-14-8-1-11(2-9-14)3-10-15(18)12-4-6-13(7-5-12)16(19)20/h1-2,4-9H,3,10H2,(H,19,20). The second-order valence-electron chi connectivity index (χ2n) is 4.43. The smallest absolute Gasteiger partial charge is 0.335 e. The maximum Gasteiger partial charge on any atom is 0.335 e. The summed E-state index contributed by atoms with van der Waals surface area (Å²) in [7, 11) is 0. The minimum absolute atomic E-state index is 0.0636. The molecule has 0 unspecified atom stereocenters. The van der Waals surface area contributed by atoms with Gasteiger partial charge in [-0.3, -0.25) is 4.79 Å². The van der Waals surface area contributed by atoms with Gasteiger partial charge in [-0.25, -0.2) is 9.18 Å². The van der Waals surface area contributed by atoms with Crippen LogP contribution in [0.4, 0.5) is 4.39 Å². The quantitative estimate of drug-likeness (QED) is 0.849. The zero-order chi connectivity index (χ0) is 14.5. The first-order valence-corrected chi connectivity index (χ1v) is 6.17. The van der Waals surface area contributed by atoms with Gasteiger partial charge in [0.25, 0.3) is 0 Å². The van der Waals surface area contributed by atoms with Crippen LogP contribution in [-0.4, -0.2) is 16.9 Å². The van der Waals surface area contributed by atoms with E-state index in [1.54, 1.807) is 12.1 Å². The van der Waals surface area contributed by atoms with E-state index in [0.29, 0.717) is 18.4 Å². The molecule has 0 spiro atoms. The molecular formula is C16H13FO3. The number of carboxylic acid groups (broad SMARTS) is 1. The number of carboxylic acids is 1. The zero-order valence-corrected chi connectivity index (χ0v) is 10.7. The number of Topliss-reactive ketones (excluding diaryl/α,β-unsaturated/α-hetero) is 1. The highest BCUT2D eigenvalue weighted by Gasteiger charge is 2.08. The molecule has 0 aliphatic rings. The van der Waals surface area contributed by atoms with Crippen LogP contribution in [0.25, 0.3) is 0 Å². The van der Waals surface area contributed by atoms with Crippen molar-refractivity contribution in [1.29, 1.82) is 0 Å². The highest BCUT2D eigenvalue weighted by atomic mass is 19.1. The van der Waals surface area contributed by atoms with Crippen molar-refractivity contribution in [2.24, 2.45) is 0 Å². The summed E-state index contributed by atoms with van der Waals surface area (Å²) in [6.07, 6.45) is 0.831. The first kappa shape index (κ1) is 13.9. The number of ketones is 1. The van der Waals surface area contributed by atoms with Crippen molar-refractivity contribution in [1.82, 2.24) is 0 Å². The van der Waals surface area contributed by atoms with E-state index in [0.717, 1.165) is 5.56 Å². The Morgan fingerprint density at radius 1 is 0.900 bits per heavy atom. The second-order valence-corrected chi connectivity index (χ2v) is 4.43. The molecule has 102 valence electrons. The maximum atomic E-state index is 12.7. The Balaban J connectivity index is 1.97. The molecule has 0 fully saturated rings. The normalized spacial score (nSPS) is 10.2. The minimum atomic E-state index is -1.02. The van der Waals surface area contributed by atoms with Gasteiger partial charge in [0.05, 0.1) is 5.56 Å². The van der Waals surface area contributed by atoms with Gasteiger partial charge in [0.2, 0.25) is 0 Å². The van der Waals surface area contributed by atoms with Crippen molar-refractivity contribution in [3.05, 3.63) is 71.0 Å². The highest BCUT2D eigenvalue weighted by molar-refractivity contribution is 5.97. The molecule has 0 radical (unpaired) electrons. The predicted octanol–water partition coefficient (Wildman–Crippen LogP) is 3.34. The summed E-state index contributed by atoms with van der Waals surface area (Å²) in [6.45, 7) is 0. The summed E-state index contributed by atoms with van der Waals surface area (Å²) < 4.78 is 12.7. The van der Waals surface area contributed by atoms with Gasteiger partial charge in [0.1, 0.15) is 5.82 Å². The summed E-state index contributed by atoms with van der Waals surface area (Å²) in [4.78, 5) is 22.6. The molecule has 0 saturated carbocycles. The van der Waals surface area contributed by atoms with Crippen LogP contribution >= 0.6 is 0 Å². The average Bonchev–Trinajstić information content (AvgIpc) is 2.46. The number of rotatable bonds is 5. The fraction of sp³-hybridized carbons (Fsp3) is 0.125. The van der Waals surface area contributed by atoms with E-state index in [2.05, 4.69) is 0 Å². The van der Waals surface area contributed by atoms with Crippen molar-refractivity contribution in [2.75, 3.05) is 0 Å². The van der Waals surface area contributed by atoms with Crippen molar-refractivity contribution >= 4 is 11.8 Å². The third-order valence-corrected chi connectivity index (χ3v) is 3.01. The Kier molecular flexibility index (Phi) is 4.25. The molecule has 0 bridgehead atoms. The lowest BCUT2D eigenvalue weighted by atomic mass is 10.0. The van der Waals surface area contributed by atoms with Crippen molar-refractivity contribution in [3.8, 4) is 0 Å². The lowest BCUT2D eigenvalue weighted by Crippen LogP contribution is -2.03. The lowest BCUT2D eigenvalue weighted by Gasteiger charge is -2.02. The molecule has 0 saturated heterocycles. The first-order valence-electron chi connectivity index (χ1n) is 6.17. The van der Waals surface area contributed by atoms with Crippen LogP contribution < -0.4 is 0 Å². The largest absolute Gasteiger partial charge is 0.478 e. The van der Waals surface area contributed by atoms with Gasteiger partial charge in [-0.2, -0.15) is 0 Å². The number of carbonyl (C=O) groups is 2. The number of aromatic carboxylic acids is 1. The van der Waals surface area contributed by atoms with E-state index in [1.807, 2.05) is 0 Å². The molecule has 0 amide bonds. The number of aryl methyl sites for hydroxylation is 1. The second kappa shape index (κ2) is 6.10. The summed E-state index contributed by atoms with van der Waals surface area (Å²) >= 11 is 0. The number of carbonyl (C=O) groups excluding carboxylic acids is 1. The summed E-state index contributed by atoms with van der Waals surface area (Å²) in [5.74, 6) is -1.38. The molecule has 2 aromatic rings. The fourth-order valence-electron chi connectivity index (χ4n) is 1.85. The van der Waals surface area contributed by atoms with E-state index >= 15 is 0 Å². The number of hydrogen-bond acceptors (Lipinski definition) is 2. The minimum Gasteiger partial charge on any atom is -0.478 e. The molecule has 0 aromatic heterocycles. The molecule has 0 heterocycles. The van der Waals surface area contributed by atoms with Crippen LogP contribution in [0.3, 0.4) is 0 Å². The third kappa shape index (κ3) is 3.51. The molecular weight excluding hydrogens is 259 g/mol. The van der Waals surface area contributed by atoms with E-state index in [4.69, 9.17) is 5.11 Å². The Hall–Kier alpha value is -2.49. The summed E-state index contributed by atoms with van der Waals surface area (Å²) in [6, 6.07) is 11.9. The van der Waals surface area contributed by atoms with Gasteiger partial charge in [-0.1, -0.05) is 24.3 Å². The van der Waals surface area contributed by atoms with Crippen LogP contribution in [0.1, 0.15) is 32.7 Å². The topological polar surface area (TPSA) is 54.4 Å². The van der Waals surface area contributed by atoms with E-state index < -0.39 is 5.97 Å². The van der Waals surface area contributed by atoms with Gasteiger partial charge in [-0.05, 0) is 36.2 Å². The van der Waals surface area contributed by atoms with E-state index in [1.165, 1.54) is 36.4 Å². The monoisotopic (exact) mass is 272 g/mol. The van der Waals surface area contributed by atoms with Gasteiger partial charge in [-0.15, -0.1) is 0 Å². The molecule has 0 atom stereocenters. The molecule has 2 aromatic carbocycles. The summed E-state index contributed by atoms with van der Waals surface area (Å²) in [5, 5.41) is 8.77. The van der Waals surface area contributed by atoms with Crippen molar-refractivity contribution in [3.63, 3.8) is 0 Å². The van der Waals surface area contributed by atoms with Crippen LogP contribution in [0.2, 0.25) is 0 Å². The first-order chi connectivity index (χ1) is 9.56. The SMILES string of the molecule is O=C(O)c1ccc(C(=O)CCc2ccc(F)cc2)cc1. The van der Waals surface area contributed by atoms with Gasteiger partial charge in [0, 0.05) is 12.0 Å². The summed E-state index contributed by atoms with van der Waals surface area (Å²) in [5.41, 5.74) is 1.53. The van der Waals surface area contributed by atoms with Gasteiger partial charge >= 0.3 is 5.97 Å². The fourth-order valence-corrected chi connectivity index (χ4v) is 1.85. The highest BCUT2D eigenvalue weighted by Crippen LogP contribution is 2.11. The Bertz CT molecular complexity index is 615. The zero-order valence-electron chi connectivity index (χ0n) is 10.7. The molecule has 0 aliphatic heterocycles. The Morgan fingerprint density at radius 2 is 1.45 bits per heavy atom. The van der Waals surface area contributed by atoms with E-state index in [9.17, 15) is 14.0 Å². The van der Waals surface area contributed by atoms with Gasteiger partial charge < -0.3 is 5.11 Å². The van der Waals surface area contributed by atoms with Crippen LogP contribution in [0.15, 0.2) is 48.5 Å². The van der Waals surface area contributed by atoms with Crippen molar-refractivity contribution < 1.29 is 19.1 Å². The number of hydrogen-bond donors (Lipinski definition) is 1. The van der Waals surface area contributed by atoms with Gasteiger partial charge in [0.15, 0.2) is 5.78 Å². The van der Waals surface area contributed by atoms with Crippen LogP contribution in [-0.2, 0) is 6.42 Å². The number of benzene rings is 2. The maximum absolute atomic E-state index is 12.7. The Morgan fingerprint density at radius 3 is 2.00 bits per heavy atom. The van der Waals surface area contributed by atoms with Crippen molar-refractivity contribution in [2.45, 2.75) is 12.8 Å². The molecule has 20 heavy (non-hydrogen) atoms. The van der Waals surface area contributed by atoms with Crippen LogP contribution in [0, 0.1) is 5.82 Å². The molecule has 0 aliphatic carbocycles. The van der Waals surface area contributed by atoms with Crippen LogP contribution in [0.5, 0.6) is 0 Å². The third-order valence-electron chi connectivity index (χ3n) is 3.01. The predicted molar refractivity (Wildman–Crippen MR) is 72.5 cm³/mol. The average molecular weight is 272 g/mol.